The minimum Gasteiger partial charge on any atom is -0.329 e. The number of hydrogen-bond donors (Lipinski definition) is 1. The van der Waals surface area contributed by atoms with E-state index in [2.05, 4.69) is 18.9 Å². The van der Waals surface area contributed by atoms with Crippen LogP contribution in [0.3, 0.4) is 0 Å². The SMILES string of the molecule is CCCCCCN(C)C1(CN)CCCC1. The second-order valence-corrected chi connectivity index (χ2v) is 5.12. The van der Waals surface area contributed by atoms with E-state index in [1.165, 1.54) is 57.9 Å². The number of hydrogen-bond acceptors (Lipinski definition) is 2. The molecular weight excluding hydrogens is 184 g/mol. The molecule has 0 atom stereocenters. The fourth-order valence-electron chi connectivity index (χ4n) is 2.79. The Labute approximate surface area is 95.2 Å². The van der Waals surface area contributed by atoms with Crippen molar-refractivity contribution < 1.29 is 0 Å². The molecule has 1 saturated carbocycles. The highest BCUT2D eigenvalue weighted by molar-refractivity contribution is 4.94. The van der Waals surface area contributed by atoms with Gasteiger partial charge in [-0.2, -0.15) is 0 Å². The Hall–Kier alpha value is -0.0800. The molecular formula is C13H28N2. The summed E-state index contributed by atoms with van der Waals surface area (Å²) in [5.41, 5.74) is 6.31. The Morgan fingerprint density at radius 1 is 1.13 bits per heavy atom. The average Bonchev–Trinajstić information content (AvgIpc) is 2.74. The Morgan fingerprint density at radius 2 is 1.80 bits per heavy atom. The zero-order chi connectivity index (χ0) is 11.1. The van der Waals surface area contributed by atoms with Crippen LogP contribution < -0.4 is 5.73 Å². The molecule has 0 radical (unpaired) electrons. The van der Waals surface area contributed by atoms with Gasteiger partial charge in [0.2, 0.25) is 0 Å². The molecule has 0 unspecified atom stereocenters. The third-order valence-corrected chi connectivity index (χ3v) is 4.07. The van der Waals surface area contributed by atoms with Gasteiger partial charge >= 0.3 is 0 Å². The zero-order valence-corrected chi connectivity index (χ0v) is 10.6. The van der Waals surface area contributed by atoms with Crippen molar-refractivity contribution in [3.8, 4) is 0 Å². The molecule has 0 bridgehead atoms. The van der Waals surface area contributed by atoms with Crippen LogP contribution in [0.4, 0.5) is 0 Å². The lowest BCUT2D eigenvalue weighted by Gasteiger charge is -2.38. The van der Waals surface area contributed by atoms with Gasteiger partial charge in [0.05, 0.1) is 0 Å². The Morgan fingerprint density at radius 3 is 2.33 bits per heavy atom. The van der Waals surface area contributed by atoms with Gasteiger partial charge in [0.1, 0.15) is 0 Å². The Balaban J connectivity index is 2.27. The predicted octanol–water partition coefficient (Wildman–Crippen LogP) is 2.77. The second-order valence-electron chi connectivity index (χ2n) is 5.12. The van der Waals surface area contributed by atoms with Crippen molar-refractivity contribution in [3.05, 3.63) is 0 Å². The molecule has 15 heavy (non-hydrogen) atoms. The van der Waals surface area contributed by atoms with Crippen LogP contribution in [0.15, 0.2) is 0 Å². The van der Waals surface area contributed by atoms with E-state index < -0.39 is 0 Å². The molecule has 0 heterocycles. The number of nitrogens with two attached hydrogens (primary N) is 1. The summed E-state index contributed by atoms with van der Waals surface area (Å²) in [5.74, 6) is 0. The maximum atomic E-state index is 5.96. The van der Waals surface area contributed by atoms with Crippen LogP contribution >= 0.6 is 0 Å². The molecule has 1 aliphatic rings. The molecule has 0 aromatic heterocycles. The van der Waals surface area contributed by atoms with E-state index in [4.69, 9.17) is 5.73 Å². The van der Waals surface area contributed by atoms with E-state index in [-0.39, 0.29) is 0 Å². The number of rotatable bonds is 7. The standard InChI is InChI=1S/C13H28N2/c1-3-4-5-8-11-15(2)13(12-14)9-6-7-10-13/h3-12,14H2,1-2H3. The van der Waals surface area contributed by atoms with Crippen molar-refractivity contribution in [2.75, 3.05) is 20.1 Å². The van der Waals surface area contributed by atoms with Gasteiger partial charge in [-0.3, -0.25) is 4.90 Å². The topological polar surface area (TPSA) is 29.3 Å². The summed E-state index contributed by atoms with van der Waals surface area (Å²) in [5, 5.41) is 0. The molecule has 0 aromatic carbocycles. The third-order valence-electron chi connectivity index (χ3n) is 4.07. The van der Waals surface area contributed by atoms with E-state index in [0.29, 0.717) is 5.54 Å². The van der Waals surface area contributed by atoms with Gasteiger partial charge in [-0.05, 0) is 32.9 Å². The van der Waals surface area contributed by atoms with Crippen LogP contribution in [-0.4, -0.2) is 30.6 Å². The summed E-state index contributed by atoms with van der Waals surface area (Å²) in [6.07, 6.45) is 10.8. The van der Waals surface area contributed by atoms with Gasteiger partial charge in [0.15, 0.2) is 0 Å². The van der Waals surface area contributed by atoms with Crippen LogP contribution in [0, 0.1) is 0 Å². The summed E-state index contributed by atoms with van der Waals surface area (Å²) < 4.78 is 0. The van der Waals surface area contributed by atoms with E-state index in [0.717, 1.165) is 6.54 Å². The van der Waals surface area contributed by atoms with E-state index in [1.807, 2.05) is 0 Å². The molecule has 2 N–H and O–H groups in total. The predicted molar refractivity (Wildman–Crippen MR) is 67.0 cm³/mol. The highest BCUT2D eigenvalue weighted by atomic mass is 15.2. The van der Waals surface area contributed by atoms with Crippen LogP contribution in [0.1, 0.15) is 58.3 Å². The second kappa shape index (κ2) is 6.49. The van der Waals surface area contributed by atoms with E-state index in [1.54, 1.807) is 0 Å². The maximum absolute atomic E-state index is 5.96. The van der Waals surface area contributed by atoms with Crippen molar-refractivity contribution in [2.45, 2.75) is 63.8 Å². The highest BCUT2D eigenvalue weighted by Gasteiger charge is 2.35. The average molecular weight is 212 g/mol. The van der Waals surface area contributed by atoms with Gasteiger partial charge in [-0.25, -0.2) is 0 Å². The third kappa shape index (κ3) is 3.46. The Kier molecular flexibility index (Phi) is 5.62. The summed E-state index contributed by atoms with van der Waals surface area (Å²) in [6, 6.07) is 0. The number of nitrogens with zero attached hydrogens (tertiary/aromatic N) is 1. The minimum absolute atomic E-state index is 0.353. The molecule has 2 nitrogen and oxygen atoms in total. The van der Waals surface area contributed by atoms with Crippen molar-refractivity contribution in [1.29, 1.82) is 0 Å². The summed E-state index contributed by atoms with van der Waals surface area (Å²) in [7, 11) is 2.27. The largest absolute Gasteiger partial charge is 0.329 e. The molecule has 0 saturated heterocycles. The van der Waals surface area contributed by atoms with E-state index in [9.17, 15) is 0 Å². The van der Waals surface area contributed by atoms with Crippen LogP contribution in [0.25, 0.3) is 0 Å². The van der Waals surface area contributed by atoms with Gasteiger partial charge in [0.25, 0.3) is 0 Å². The molecule has 0 spiro atoms. The van der Waals surface area contributed by atoms with Crippen molar-refractivity contribution in [1.82, 2.24) is 4.90 Å². The summed E-state index contributed by atoms with van der Waals surface area (Å²) in [4.78, 5) is 2.54. The highest BCUT2D eigenvalue weighted by Crippen LogP contribution is 2.33. The number of likely N-dealkylation sites (N-methyl/N-ethyl adjacent to an activating group) is 1. The summed E-state index contributed by atoms with van der Waals surface area (Å²) >= 11 is 0. The molecule has 0 aromatic rings. The molecule has 2 heteroatoms. The van der Waals surface area contributed by atoms with E-state index >= 15 is 0 Å². The fourth-order valence-corrected chi connectivity index (χ4v) is 2.79. The smallest absolute Gasteiger partial charge is 0.0328 e. The van der Waals surface area contributed by atoms with Gasteiger partial charge in [-0.1, -0.05) is 39.0 Å². The van der Waals surface area contributed by atoms with Gasteiger partial charge < -0.3 is 5.73 Å². The first kappa shape index (κ1) is 13.0. The zero-order valence-electron chi connectivity index (χ0n) is 10.6. The first-order valence-corrected chi connectivity index (χ1v) is 6.66. The summed E-state index contributed by atoms with van der Waals surface area (Å²) in [6.45, 7) is 4.34. The van der Waals surface area contributed by atoms with Crippen LogP contribution in [0.2, 0.25) is 0 Å². The fraction of sp³-hybridized carbons (Fsp3) is 1.00. The lowest BCUT2D eigenvalue weighted by atomic mass is 9.95. The molecule has 90 valence electrons. The lowest BCUT2D eigenvalue weighted by molar-refractivity contribution is 0.129. The van der Waals surface area contributed by atoms with Crippen LogP contribution in [-0.2, 0) is 0 Å². The van der Waals surface area contributed by atoms with Crippen molar-refractivity contribution in [3.63, 3.8) is 0 Å². The minimum atomic E-state index is 0.353. The Bertz CT molecular complexity index is 162. The first-order chi connectivity index (χ1) is 7.25. The van der Waals surface area contributed by atoms with Crippen molar-refractivity contribution in [2.24, 2.45) is 5.73 Å². The molecule has 0 amide bonds. The maximum Gasteiger partial charge on any atom is 0.0328 e. The lowest BCUT2D eigenvalue weighted by Crippen LogP contribution is -2.50. The molecule has 1 aliphatic carbocycles. The molecule has 1 rings (SSSR count). The quantitative estimate of drug-likeness (QED) is 0.658. The first-order valence-electron chi connectivity index (χ1n) is 6.66. The van der Waals surface area contributed by atoms with Gasteiger partial charge in [0, 0.05) is 12.1 Å². The van der Waals surface area contributed by atoms with Crippen LogP contribution in [0.5, 0.6) is 0 Å². The normalized spacial score (nSPS) is 20.0. The monoisotopic (exact) mass is 212 g/mol. The van der Waals surface area contributed by atoms with Gasteiger partial charge in [-0.15, -0.1) is 0 Å². The van der Waals surface area contributed by atoms with Crippen molar-refractivity contribution >= 4 is 0 Å². The molecule has 1 fully saturated rings. The number of unbranched alkanes of at least 4 members (excludes halogenated alkanes) is 3. The molecule has 0 aliphatic heterocycles.